The van der Waals surface area contributed by atoms with Gasteiger partial charge in [0.15, 0.2) is 5.65 Å². The predicted molar refractivity (Wildman–Crippen MR) is 156 cm³/mol. The Bertz CT molecular complexity index is 1710. The number of carbonyl (C=O) groups is 1. The van der Waals surface area contributed by atoms with Gasteiger partial charge in [0.1, 0.15) is 17.0 Å². The lowest BCUT2D eigenvalue weighted by molar-refractivity contribution is 0.0448. The molecule has 2 aliphatic rings. The number of nitrogens with zero attached hydrogens (tertiary/aromatic N) is 6. The van der Waals surface area contributed by atoms with Gasteiger partial charge in [-0.1, -0.05) is 30.3 Å². The van der Waals surface area contributed by atoms with Crippen LogP contribution in [0.4, 0.5) is 5.82 Å². The molecular formula is C31H33N7O3. The zero-order valence-electron chi connectivity index (χ0n) is 23.0. The number of aliphatic hydroxyl groups is 1. The molecule has 5 heterocycles. The molecule has 4 aromatic heterocycles. The Kier molecular flexibility index (Phi) is 6.64. The minimum atomic E-state index is -0.513. The first kappa shape index (κ1) is 25.7. The lowest BCUT2D eigenvalue weighted by atomic mass is 9.89. The standard InChI is InChI=1S/C31H33N7O3/c1-36(18-20-6-3-2-4-7-20)28-16-26(34-30-23(17-33-38(28)30)31(40)35-25-9-10-27(25)39)24-19-37(21-11-14-41-15-12-21)29-22(24)8-5-13-32-29/h2-8,13,16-17,19,21,25,27,39H,9-12,14-15,18H2,1H3,(H,35,40)/t25-,27+/m0/s1. The van der Waals surface area contributed by atoms with Crippen LogP contribution in [0.5, 0.6) is 0 Å². The smallest absolute Gasteiger partial charge is 0.257 e. The van der Waals surface area contributed by atoms with Gasteiger partial charge in [0.25, 0.3) is 5.91 Å². The Morgan fingerprint density at radius 2 is 1.93 bits per heavy atom. The van der Waals surface area contributed by atoms with Gasteiger partial charge >= 0.3 is 0 Å². The van der Waals surface area contributed by atoms with E-state index in [1.807, 2.05) is 43.6 Å². The number of anilines is 1. The predicted octanol–water partition coefficient (Wildman–Crippen LogP) is 3.99. The molecule has 5 aromatic rings. The van der Waals surface area contributed by atoms with Crippen molar-refractivity contribution in [1.82, 2.24) is 29.5 Å². The van der Waals surface area contributed by atoms with Gasteiger partial charge in [-0.3, -0.25) is 4.79 Å². The van der Waals surface area contributed by atoms with Crippen LogP contribution in [0.2, 0.25) is 0 Å². The van der Waals surface area contributed by atoms with E-state index in [-0.39, 0.29) is 11.9 Å². The minimum absolute atomic E-state index is 0.246. The first-order valence-corrected chi connectivity index (χ1v) is 14.2. The molecule has 0 radical (unpaired) electrons. The zero-order chi connectivity index (χ0) is 27.9. The number of fused-ring (bicyclic) bond motifs is 2. The van der Waals surface area contributed by atoms with Gasteiger partial charge in [0, 0.05) is 62.3 Å². The van der Waals surface area contributed by atoms with Crippen molar-refractivity contribution in [3.8, 4) is 11.3 Å². The van der Waals surface area contributed by atoms with E-state index in [1.54, 1.807) is 10.7 Å². The third kappa shape index (κ3) is 4.72. The van der Waals surface area contributed by atoms with Crippen LogP contribution in [-0.2, 0) is 11.3 Å². The minimum Gasteiger partial charge on any atom is -0.391 e. The summed E-state index contributed by atoms with van der Waals surface area (Å²) in [7, 11) is 2.02. The second-order valence-electron chi connectivity index (χ2n) is 11.0. The SMILES string of the molecule is CN(Cc1ccccc1)c1cc(-c2cn(C3CCOCC3)c3ncccc23)nc2c(C(=O)N[C@H]3CC[C@H]3O)cnn12. The molecule has 10 nitrogen and oxygen atoms in total. The second-order valence-corrected chi connectivity index (χ2v) is 11.0. The molecule has 2 atom stereocenters. The van der Waals surface area contributed by atoms with Gasteiger partial charge in [0.05, 0.1) is 24.0 Å². The summed E-state index contributed by atoms with van der Waals surface area (Å²) in [6, 6.07) is 16.4. The molecule has 0 unspecified atom stereocenters. The molecule has 0 bridgehead atoms. The first-order chi connectivity index (χ1) is 20.1. The monoisotopic (exact) mass is 551 g/mol. The fourth-order valence-electron chi connectivity index (χ4n) is 5.88. The maximum Gasteiger partial charge on any atom is 0.257 e. The van der Waals surface area contributed by atoms with Crippen molar-refractivity contribution in [2.75, 3.05) is 25.2 Å². The first-order valence-electron chi connectivity index (χ1n) is 14.2. The van der Waals surface area contributed by atoms with Crippen molar-refractivity contribution in [2.24, 2.45) is 0 Å². The van der Waals surface area contributed by atoms with E-state index >= 15 is 0 Å². The fourth-order valence-corrected chi connectivity index (χ4v) is 5.88. The Balaban J connectivity index is 1.36. The Morgan fingerprint density at radius 3 is 2.68 bits per heavy atom. The highest BCUT2D eigenvalue weighted by Gasteiger charge is 2.31. The Hall–Kier alpha value is -4.28. The van der Waals surface area contributed by atoms with Crippen molar-refractivity contribution in [3.05, 3.63) is 78.2 Å². The van der Waals surface area contributed by atoms with Crippen LogP contribution in [0.1, 0.15) is 47.6 Å². The molecular weight excluding hydrogens is 518 g/mol. The van der Waals surface area contributed by atoms with E-state index in [0.29, 0.717) is 30.2 Å². The highest BCUT2D eigenvalue weighted by Crippen LogP contribution is 2.35. The van der Waals surface area contributed by atoms with Crippen molar-refractivity contribution in [2.45, 2.75) is 50.4 Å². The summed E-state index contributed by atoms with van der Waals surface area (Å²) in [5.41, 5.74) is 4.63. The van der Waals surface area contributed by atoms with Gasteiger partial charge in [-0.05, 0) is 43.4 Å². The molecule has 1 amide bonds. The maximum atomic E-state index is 13.4. The van der Waals surface area contributed by atoms with Crippen LogP contribution < -0.4 is 10.2 Å². The molecule has 10 heteroatoms. The van der Waals surface area contributed by atoms with E-state index in [9.17, 15) is 9.90 Å². The van der Waals surface area contributed by atoms with Gasteiger partial charge in [-0.25, -0.2) is 9.97 Å². The molecule has 0 spiro atoms. The van der Waals surface area contributed by atoms with Gasteiger partial charge in [-0.2, -0.15) is 9.61 Å². The topological polar surface area (TPSA) is 110 Å². The number of ether oxygens (including phenoxy) is 1. The number of pyridine rings is 1. The molecule has 1 saturated carbocycles. The Morgan fingerprint density at radius 1 is 1.10 bits per heavy atom. The summed E-state index contributed by atoms with van der Waals surface area (Å²) in [4.78, 5) is 25.3. The summed E-state index contributed by atoms with van der Waals surface area (Å²) < 4.78 is 9.61. The molecule has 2 fully saturated rings. The molecule has 1 aliphatic heterocycles. The third-order valence-corrected chi connectivity index (χ3v) is 8.36. The quantitative estimate of drug-likeness (QED) is 0.315. The highest BCUT2D eigenvalue weighted by atomic mass is 16.5. The number of aromatic nitrogens is 5. The maximum absolute atomic E-state index is 13.4. The molecule has 1 saturated heterocycles. The van der Waals surface area contributed by atoms with E-state index in [2.05, 4.69) is 44.3 Å². The van der Waals surface area contributed by atoms with Crippen molar-refractivity contribution < 1.29 is 14.6 Å². The van der Waals surface area contributed by atoms with E-state index < -0.39 is 6.10 Å². The van der Waals surface area contributed by atoms with Crippen molar-refractivity contribution >= 4 is 28.4 Å². The number of hydrogen-bond acceptors (Lipinski definition) is 7. The van der Waals surface area contributed by atoms with Gasteiger partial charge in [-0.15, -0.1) is 0 Å². The summed E-state index contributed by atoms with van der Waals surface area (Å²) in [5.74, 6) is 0.531. The van der Waals surface area contributed by atoms with Crippen molar-refractivity contribution in [3.63, 3.8) is 0 Å². The molecule has 1 aliphatic carbocycles. The Labute approximate surface area is 237 Å². The molecule has 7 rings (SSSR count). The molecule has 1 aromatic carbocycles. The second kappa shape index (κ2) is 10.6. The number of benzene rings is 1. The normalized spacial score (nSPS) is 19.4. The zero-order valence-corrected chi connectivity index (χ0v) is 23.0. The molecule has 41 heavy (non-hydrogen) atoms. The fraction of sp³-hybridized carbons (Fsp3) is 0.355. The average molecular weight is 552 g/mol. The number of carbonyl (C=O) groups excluding carboxylic acids is 1. The number of rotatable bonds is 7. The summed E-state index contributed by atoms with van der Waals surface area (Å²) in [5, 5.41) is 18.6. The summed E-state index contributed by atoms with van der Waals surface area (Å²) in [6.45, 7) is 2.12. The van der Waals surface area contributed by atoms with E-state index in [0.717, 1.165) is 66.1 Å². The van der Waals surface area contributed by atoms with Crippen LogP contribution in [0.25, 0.3) is 27.9 Å². The van der Waals surface area contributed by atoms with E-state index in [4.69, 9.17) is 14.7 Å². The van der Waals surface area contributed by atoms with Gasteiger partial charge in [0.2, 0.25) is 0 Å². The lowest BCUT2D eigenvalue weighted by Crippen LogP contribution is -2.50. The highest BCUT2D eigenvalue weighted by molar-refractivity contribution is 6.01. The van der Waals surface area contributed by atoms with Crippen LogP contribution in [-0.4, -0.2) is 67.6 Å². The number of hydrogen-bond donors (Lipinski definition) is 2. The largest absolute Gasteiger partial charge is 0.391 e. The van der Waals surface area contributed by atoms with Crippen LogP contribution in [0.3, 0.4) is 0 Å². The van der Waals surface area contributed by atoms with Gasteiger partial charge < -0.3 is 24.6 Å². The van der Waals surface area contributed by atoms with Crippen molar-refractivity contribution in [1.29, 1.82) is 0 Å². The number of amides is 1. The number of aliphatic hydroxyl groups excluding tert-OH is 1. The van der Waals surface area contributed by atoms with Crippen LogP contribution in [0.15, 0.2) is 67.1 Å². The average Bonchev–Trinajstić information content (AvgIpc) is 3.62. The lowest BCUT2D eigenvalue weighted by Gasteiger charge is -2.32. The number of nitrogens with one attached hydrogen (secondary N) is 1. The van der Waals surface area contributed by atoms with Crippen LogP contribution >= 0.6 is 0 Å². The van der Waals surface area contributed by atoms with Crippen LogP contribution in [0, 0.1) is 0 Å². The van der Waals surface area contributed by atoms with E-state index in [1.165, 1.54) is 0 Å². The molecule has 210 valence electrons. The summed E-state index contributed by atoms with van der Waals surface area (Å²) >= 11 is 0. The summed E-state index contributed by atoms with van der Waals surface area (Å²) in [6.07, 6.45) is 8.34. The molecule has 2 N–H and O–H groups in total. The third-order valence-electron chi connectivity index (χ3n) is 8.36.